The van der Waals surface area contributed by atoms with Crippen molar-refractivity contribution in [2.24, 2.45) is 0 Å². The van der Waals surface area contributed by atoms with E-state index in [9.17, 15) is 9.59 Å². The van der Waals surface area contributed by atoms with Gasteiger partial charge in [-0.15, -0.1) is 0 Å². The standard InChI is InChI=1S/C24H20N2O4/c1-16-11-12-21(29-2)20(13-16)26-23(27)22(18-8-4-3-5-9-18)30-24(28)19-10-6-7-17(14-19)15-25/h3-14,22H,1-2H3,(H,26,27)/t22-/m0/s1. The molecule has 30 heavy (non-hydrogen) atoms. The van der Waals surface area contributed by atoms with Crippen LogP contribution < -0.4 is 10.1 Å². The number of nitrogens with zero attached hydrogens (tertiary/aromatic N) is 1. The van der Waals surface area contributed by atoms with Gasteiger partial charge < -0.3 is 14.8 Å². The Labute approximate surface area is 174 Å². The van der Waals surface area contributed by atoms with Crippen LogP contribution in [0.2, 0.25) is 0 Å². The molecule has 3 aromatic carbocycles. The Morgan fingerprint density at radius 1 is 1.00 bits per heavy atom. The van der Waals surface area contributed by atoms with E-state index in [4.69, 9.17) is 14.7 Å². The van der Waals surface area contributed by atoms with Crippen LogP contribution in [0, 0.1) is 18.3 Å². The van der Waals surface area contributed by atoms with Crippen LogP contribution in [0.4, 0.5) is 5.69 Å². The Hall–Kier alpha value is -4.11. The van der Waals surface area contributed by atoms with Crippen LogP contribution in [0.5, 0.6) is 5.75 Å². The quantitative estimate of drug-likeness (QED) is 0.619. The minimum atomic E-state index is -1.19. The number of rotatable bonds is 6. The third-order valence-electron chi connectivity index (χ3n) is 4.41. The molecule has 0 bridgehead atoms. The fourth-order valence-corrected chi connectivity index (χ4v) is 2.91. The molecule has 0 aromatic heterocycles. The lowest BCUT2D eigenvalue weighted by Gasteiger charge is -2.19. The van der Waals surface area contributed by atoms with Crippen molar-refractivity contribution in [3.05, 3.63) is 95.1 Å². The maximum atomic E-state index is 13.1. The molecular weight excluding hydrogens is 380 g/mol. The van der Waals surface area contributed by atoms with Gasteiger partial charge >= 0.3 is 5.97 Å². The van der Waals surface area contributed by atoms with Gasteiger partial charge in [0.25, 0.3) is 5.91 Å². The summed E-state index contributed by atoms with van der Waals surface area (Å²) in [7, 11) is 1.51. The Kier molecular flexibility index (Phi) is 6.46. The van der Waals surface area contributed by atoms with E-state index in [0.717, 1.165) is 5.56 Å². The van der Waals surface area contributed by atoms with Gasteiger partial charge in [-0.05, 0) is 42.8 Å². The molecule has 3 aromatic rings. The van der Waals surface area contributed by atoms with Crippen molar-refractivity contribution in [3.63, 3.8) is 0 Å². The molecule has 0 fully saturated rings. The van der Waals surface area contributed by atoms with Gasteiger partial charge in [-0.2, -0.15) is 5.26 Å². The molecule has 1 amide bonds. The van der Waals surface area contributed by atoms with Gasteiger partial charge in [0.05, 0.1) is 30.0 Å². The molecule has 3 rings (SSSR count). The van der Waals surface area contributed by atoms with Gasteiger partial charge in [0.1, 0.15) is 5.75 Å². The normalized spacial score (nSPS) is 11.1. The first kappa shape index (κ1) is 20.6. The zero-order chi connectivity index (χ0) is 21.5. The largest absolute Gasteiger partial charge is 0.495 e. The lowest BCUT2D eigenvalue weighted by molar-refractivity contribution is -0.125. The summed E-state index contributed by atoms with van der Waals surface area (Å²) in [5, 5.41) is 11.8. The van der Waals surface area contributed by atoms with E-state index in [0.29, 0.717) is 22.6 Å². The monoisotopic (exact) mass is 400 g/mol. The molecule has 0 aliphatic heterocycles. The number of benzene rings is 3. The van der Waals surface area contributed by atoms with Gasteiger partial charge in [0.2, 0.25) is 6.10 Å². The first-order valence-electron chi connectivity index (χ1n) is 9.23. The van der Waals surface area contributed by atoms with Gasteiger partial charge in [-0.1, -0.05) is 42.5 Å². The van der Waals surface area contributed by atoms with E-state index in [2.05, 4.69) is 5.32 Å². The summed E-state index contributed by atoms with van der Waals surface area (Å²) in [5.74, 6) is -0.726. The summed E-state index contributed by atoms with van der Waals surface area (Å²) in [6.45, 7) is 1.89. The molecule has 6 nitrogen and oxygen atoms in total. The number of esters is 1. The molecule has 6 heteroatoms. The minimum absolute atomic E-state index is 0.191. The van der Waals surface area contributed by atoms with E-state index in [-0.39, 0.29) is 5.56 Å². The van der Waals surface area contributed by atoms with Crippen LogP contribution >= 0.6 is 0 Å². The molecule has 0 saturated carbocycles. The predicted molar refractivity (Wildman–Crippen MR) is 112 cm³/mol. The highest BCUT2D eigenvalue weighted by Crippen LogP contribution is 2.28. The van der Waals surface area contributed by atoms with Crippen LogP contribution in [0.15, 0.2) is 72.8 Å². The molecule has 0 spiro atoms. The Morgan fingerprint density at radius 3 is 2.47 bits per heavy atom. The lowest BCUT2D eigenvalue weighted by atomic mass is 10.1. The number of nitrogens with one attached hydrogen (secondary N) is 1. The van der Waals surface area contributed by atoms with Crippen molar-refractivity contribution in [1.82, 2.24) is 0 Å². The number of carbonyl (C=O) groups excluding carboxylic acids is 2. The molecule has 0 aliphatic carbocycles. The number of nitriles is 1. The molecule has 1 atom stereocenters. The topological polar surface area (TPSA) is 88.4 Å². The number of carbonyl (C=O) groups is 2. The second kappa shape index (κ2) is 9.39. The summed E-state index contributed by atoms with van der Waals surface area (Å²) < 4.78 is 10.9. The summed E-state index contributed by atoms with van der Waals surface area (Å²) in [6, 6.07) is 22.2. The zero-order valence-electron chi connectivity index (χ0n) is 16.6. The van der Waals surface area contributed by atoms with Crippen molar-refractivity contribution in [1.29, 1.82) is 5.26 Å². The average molecular weight is 400 g/mol. The maximum absolute atomic E-state index is 13.1. The molecule has 0 heterocycles. The Morgan fingerprint density at radius 2 is 1.77 bits per heavy atom. The van der Waals surface area contributed by atoms with Gasteiger partial charge in [-0.25, -0.2) is 4.79 Å². The predicted octanol–water partition coefficient (Wildman–Crippen LogP) is 4.41. The Bertz CT molecular complexity index is 1100. The molecule has 150 valence electrons. The summed E-state index contributed by atoms with van der Waals surface area (Å²) in [5.41, 5.74) is 2.45. The molecule has 0 saturated heterocycles. The Balaban J connectivity index is 1.90. The first-order valence-corrected chi connectivity index (χ1v) is 9.23. The van der Waals surface area contributed by atoms with Crippen molar-refractivity contribution in [3.8, 4) is 11.8 Å². The number of hydrogen-bond donors (Lipinski definition) is 1. The number of hydrogen-bond acceptors (Lipinski definition) is 5. The number of anilines is 1. The summed E-state index contributed by atoms with van der Waals surface area (Å²) in [4.78, 5) is 25.8. The maximum Gasteiger partial charge on any atom is 0.339 e. The molecule has 0 radical (unpaired) electrons. The van der Waals surface area contributed by atoms with Gasteiger partial charge in [0.15, 0.2) is 0 Å². The van der Waals surface area contributed by atoms with E-state index < -0.39 is 18.0 Å². The van der Waals surface area contributed by atoms with Crippen LogP contribution in [-0.4, -0.2) is 19.0 Å². The smallest absolute Gasteiger partial charge is 0.339 e. The van der Waals surface area contributed by atoms with Gasteiger partial charge in [0, 0.05) is 5.56 Å². The van der Waals surface area contributed by atoms with Crippen molar-refractivity contribution >= 4 is 17.6 Å². The van der Waals surface area contributed by atoms with Gasteiger partial charge in [-0.3, -0.25) is 4.79 Å². The molecule has 0 unspecified atom stereocenters. The third-order valence-corrected chi connectivity index (χ3v) is 4.41. The van der Waals surface area contributed by atoms with Crippen LogP contribution in [0.25, 0.3) is 0 Å². The fraction of sp³-hybridized carbons (Fsp3) is 0.125. The first-order chi connectivity index (χ1) is 14.5. The highest BCUT2D eigenvalue weighted by molar-refractivity contribution is 5.99. The van der Waals surface area contributed by atoms with E-state index >= 15 is 0 Å². The third kappa shape index (κ3) is 4.83. The average Bonchev–Trinajstić information content (AvgIpc) is 2.78. The van der Waals surface area contributed by atoms with Crippen LogP contribution in [0.3, 0.4) is 0 Å². The zero-order valence-corrected chi connectivity index (χ0v) is 16.6. The van der Waals surface area contributed by atoms with Crippen LogP contribution in [-0.2, 0) is 9.53 Å². The van der Waals surface area contributed by atoms with E-state index in [1.54, 1.807) is 54.6 Å². The summed E-state index contributed by atoms with van der Waals surface area (Å²) in [6.07, 6.45) is -1.19. The number of amides is 1. The molecular formula is C24H20N2O4. The van der Waals surface area contributed by atoms with E-state index in [1.807, 2.05) is 19.1 Å². The summed E-state index contributed by atoms with van der Waals surface area (Å²) >= 11 is 0. The number of ether oxygens (including phenoxy) is 2. The highest BCUT2D eigenvalue weighted by Gasteiger charge is 2.26. The second-order valence-corrected chi connectivity index (χ2v) is 6.58. The minimum Gasteiger partial charge on any atom is -0.495 e. The SMILES string of the molecule is COc1ccc(C)cc1NC(=O)[C@@H](OC(=O)c1cccc(C#N)c1)c1ccccc1. The number of aryl methyl sites for hydroxylation is 1. The second-order valence-electron chi connectivity index (χ2n) is 6.58. The lowest BCUT2D eigenvalue weighted by Crippen LogP contribution is -2.26. The van der Waals surface area contributed by atoms with Crippen molar-refractivity contribution in [2.45, 2.75) is 13.0 Å². The van der Waals surface area contributed by atoms with E-state index in [1.165, 1.54) is 19.2 Å². The molecule has 0 aliphatic rings. The number of methoxy groups -OCH3 is 1. The fourth-order valence-electron chi connectivity index (χ4n) is 2.91. The van der Waals surface area contributed by atoms with Crippen molar-refractivity contribution in [2.75, 3.05) is 12.4 Å². The highest BCUT2D eigenvalue weighted by atomic mass is 16.5. The molecule has 1 N–H and O–H groups in total. The van der Waals surface area contributed by atoms with Crippen molar-refractivity contribution < 1.29 is 19.1 Å². The van der Waals surface area contributed by atoms with Crippen LogP contribution in [0.1, 0.15) is 33.2 Å².